The summed E-state index contributed by atoms with van der Waals surface area (Å²) >= 11 is 0. The molecule has 9 heteroatoms. The van der Waals surface area contributed by atoms with Crippen LogP contribution < -0.4 is 14.2 Å². The van der Waals surface area contributed by atoms with E-state index in [-0.39, 0.29) is 29.5 Å². The van der Waals surface area contributed by atoms with Gasteiger partial charge in [0.05, 0.1) is 13.0 Å². The molecule has 3 aromatic rings. The van der Waals surface area contributed by atoms with Crippen LogP contribution in [-0.2, 0) is 19.1 Å². The van der Waals surface area contributed by atoms with Crippen molar-refractivity contribution in [1.82, 2.24) is 4.98 Å². The molecule has 0 unspecified atom stereocenters. The Hall–Kier alpha value is -4.14. The number of fused-ring (bicyclic) bond motifs is 1. The number of hydrogen-bond acceptors (Lipinski definition) is 9. The number of carbonyl (C=O) groups excluding carboxylic acids is 3. The van der Waals surface area contributed by atoms with Crippen molar-refractivity contribution in [3.8, 4) is 17.2 Å². The van der Waals surface area contributed by atoms with Gasteiger partial charge in [0.15, 0.2) is 23.0 Å². The number of ether oxygens (including phenoxy) is 5. The summed E-state index contributed by atoms with van der Waals surface area (Å²) in [5, 5.41) is 2.03. The van der Waals surface area contributed by atoms with Crippen LogP contribution in [0.25, 0.3) is 10.8 Å². The largest absolute Gasteiger partial charge is 0.493 e. The summed E-state index contributed by atoms with van der Waals surface area (Å²) in [6.45, 7) is 8.22. The molecular formula is C30H35NO8. The predicted octanol–water partition coefficient (Wildman–Crippen LogP) is 5.39. The van der Waals surface area contributed by atoms with Gasteiger partial charge in [0.2, 0.25) is 6.79 Å². The van der Waals surface area contributed by atoms with E-state index in [2.05, 4.69) is 4.98 Å². The first-order valence-corrected chi connectivity index (χ1v) is 12.8. The lowest BCUT2D eigenvalue weighted by molar-refractivity contribution is -0.158. The molecule has 0 bridgehead atoms. The van der Waals surface area contributed by atoms with Crippen molar-refractivity contribution in [3.63, 3.8) is 0 Å². The monoisotopic (exact) mass is 537 g/mol. The van der Waals surface area contributed by atoms with Crippen molar-refractivity contribution in [2.75, 3.05) is 13.9 Å². The summed E-state index contributed by atoms with van der Waals surface area (Å²) in [5.74, 6) is -1.26. The second kappa shape index (κ2) is 13.6. The number of benzene rings is 2. The zero-order chi connectivity index (χ0) is 28.5. The Morgan fingerprint density at radius 3 is 2.33 bits per heavy atom. The van der Waals surface area contributed by atoms with Crippen molar-refractivity contribution in [1.29, 1.82) is 0 Å². The third-order valence-electron chi connectivity index (χ3n) is 6.15. The Labute approximate surface area is 228 Å². The van der Waals surface area contributed by atoms with Crippen LogP contribution >= 0.6 is 0 Å². The van der Waals surface area contributed by atoms with E-state index in [0.29, 0.717) is 5.75 Å². The van der Waals surface area contributed by atoms with Crippen molar-refractivity contribution < 1.29 is 38.1 Å². The molecule has 0 N–H and O–H groups in total. The van der Waals surface area contributed by atoms with E-state index < -0.39 is 42.6 Å². The smallest absolute Gasteiger partial charge is 0.309 e. The number of aromatic nitrogens is 1. The van der Waals surface area contributed by atoms with Gasteiger partial charge in [-0.25, -0.2) is 4.98 Å². The Morgan fingerprint density at radius 2 is 1.64 bits per heavy atom. The van der Waals surface area contributed by atoms with Gasteiger partial charge in [0, 0.05) is 31.0 Å². The maximum atomic E-state index is 13.1. The summed E-state index contributed by atoms with van der Waals surface area (Å²) < 4.78 is 27.7. The summed E-state index contributed by atoms with van der Waals surface area (Å²) in [4.78, 5) is 41.3. The number of rotatable bonds is 13. The van der Waals surface area contributed by atoms with Gasteiger partial charge in [-0.2, -0.15) is 0 Å². The highest BCUT2D eigenvalue weighted by molar-refractivity contribution is 5.99. The molecule has 0 saturated heterocycles. The van der Waals surface area contributed by atoms with E-state index in [9.17, 15) is 14.4 Å². The fourth-order valence-corrected chi connectivity index (χ4v) is 4.14. The number of pyridine rings is 1. The molecule has 1 heterocycles. The molecule has 3 rings (SSSR count). The van der Waals surface area contributed by atoms with Crippen LogP contribution in [0.2, 0.25) is 0 Å². The molecule has 2 aromatic carbocycles. The molecule has 0 spiro atoms. The summed E-state index contributed by atoms with van der Waals surface area (Å²) in [5.41, 5.74) is -0.0338. The van der Waals surface area contributed by atoms with E-state index >= 15 is 0 Å². The normalized spacial score (nSPS) is 13.3. The first kappa shape index (κ1) is 29.4. The lowest BCUT2D eigenvalue weighted by Crippen LogP contribution is -2.39. The minimum absolute atomic E-state index is 0.0311. The fourth-order valence-electron chi connectivity index (χ4n) is 4.14. The minimum Gasteiger partial charge on any atom is -0.493 e. The Bertz CT molecular complexity index is 1300. The molecule has 0 aliphatic heterocycles. The number of nitrogens with zero attached hydrogens (tertiary/aromatic N) is 1. The third-order valence-corrected chi connectivity index (χ3v) is 6.15. The van der Waals surface area contributed by atoms with Gasteiger partial charge in [-0.1, -0.05) is 57.2 Å². The van der Waals surface area contributed by atoms with Crippen LogP contribution in [0, 0.1) is 11.8 Å². The maximum Gasteiger partial charge on any atom is 0.309 e. The summed E-state index contributed by atoms with van der Waals surface area (Å²) in [6.07, 6.45) is 0.232. The van der Waals surface area contributed by atoms with Gasteiger partial charge in [-0.05, 0) is 24.3 Å². The minimum atomic E-state index is -0.764. The van der Waals surface area contributed by atoms with Crippen LogP contribution in [-0.4, -0.2) is 48.8 Å². The molecule has 39 heavy (non-hydrogen) atoms. The fraction of sp³-hybridized carbons (Fsp3) is 0.400. The molecular weight excluding hydrogens is 502 g/mol. The van der Waals surface area contributed by atoms with Gasteiger partial charge in [-0.15, -0.1) is 0 Å². The highest BCUT2D eigenvalue weighted by Gasteiger charge is 2.30. The lowest BCUT2D eigenvalue weighted by atomic mass is 10.0. The first-order valence-electron chi connectivity index (χ1n) is 12.8. The molecule has 0 aliphatic rings. The van der Waals surface area contributed by atoms with E-state index in [1.807, 2.05) is 56.3 Å². The van der Waals surface area contributed by atoms with Crippen LogP contribution in [0.1, 0.15) is 51.5 Å². The second-order valence-corrected chi connectivity index (χ2v) is 9.56. The van der Waals surface area contributed by atoms with E-state index in [1.165, 1.54) is 26.3 Å². The summed E-state index contributed by atoms with van der Waals surface area (Å²) in [6, 6.07) is 15.3. The second-order valence-electron chi connectivity index (χ2n) is 9.56. The predicted molar refractivity (Wildman–Crippen MR) is 145 cm³/mol. The van der Waals surface area contributed by atoms with Crippen molar-refractivity contribution >= 4 is 28.5 Å². The Morgan fingerprint density at radius 1 is 0.923 bits per heavy atom. The van der Waals surface area contributed by atoms with Gasteiger partial charge in [-0.3, -0.25) is 14.4 Å². The molecule has 0 amide bonds. The number of esters is 2. The number of methoxy groups -OCH3 is 1. The Balaban J connectivity index is 1.68. The lowest BCUT2D eigenvalue weighted by Gasteiger charge is -2.29. The highest BCUT2D eigenvalue weighted by Crippen LogP contribution is 2.32. The number of hydrogen-bond donors (Lipinski definition) is 0. The van der Waals surface area contributed by atoms with E-state index in [4.69, 9.17) is 23.7 Å². The first-order chi connectivity index (χ1) is 18.6. The molecule has 9 nitrogen and oxygen atoms in total. The average molecular weight is 538 g/mol. The van der Waals surface area contributed by atoms with Crippen LogP contribution in [0.5, 0.6) is 17.2 Å². The molecule has 1 aromatic heterocycles. The average Bonchev–Trinajstić information content (AvgIpc) is 2.91. The molecule has 0 fully saturated rings. The maximum absolute atomic E-state index is 13.1. The van der Waals surface area contributed by atoms with Crippen LogP contribution in [0.3, 0.4) is 0 Å². The Kier molecular flexibility index (Phi) is 10.3. The quantitative estimate of drug-likeness (QED) is 0.161. The topological polar surface area (TPSA) is 110 Å². The van der Waals surface area contributed by atoms with Crippen molar-refractivity contribution in [3.05, 3.63) is 60.4 Å². The zero-order valence-corrected chi connectivity index (χ0v) is 23.1. The van der Waals surface area contributed by atoms with Gasteiger partial charge in [0.1, 0.15) is 18.0 Å². The molecule has 0 radical (unpaired) electrons. The number of Topliss-reactive ketones (excluding diaryl/α,β-unsaturated/α-hetero) is 1. The molecule has 0 saturated carbocycles. The van der Waals surface area contributed by atoms with E-state index in [0.717, 1.165) is 10.8 Å². The molecule has 3 atom stereocenters. The van der Waals surface area contributed by atoms with E-state index in [1.54, 1.807) is 13.8 Å². The molecule has 0 aliphatic carbocycles. The van der Waals surface area contributed by atoms with Crippen LogP contribution in [0.15, 0.2) is 54.7 Å². The number of ketones is 1. The standard InChI is InChI=1S/C30H35NO8/c1-18(2)28(39-25-13-9-11-22-10-7-8-12-23(22)25)20(4)38-30(34)19(3)16-24(33)27-29(37-17-36-21(5)32)26(35-6)14-15-31-27/h7-15,18-20,28H,16-17H2,1-6H3/t19-,20+,28-/m1/s1. The van der Waals surface area contributed by atoms with Crippen molar-refractivity contribution in [2.45, 2.75) is 53.2 Å². The SMILES string of the molecule is COc1ccnc(C(=O)C[C@@H](C)C(=O)O[C@@H](C)[C@H](Oc2cccc3ccccc23)C(C)C)c1OCOC(C)=O. The van der Waals surface area contributed by atoms with Gasteiger partial charge in [0.25, 0.3) is 0 Å². The third kappa shape index (κ3) is 7.69. The zero-order valence-electron chi connectivity index (χ0n) is 23.1. The van der Waals surface area contributed by atoms with Gasteiger partial charge < -0.3 is 23.7 Å². The molecule has 208 valence electrons. The van der Waals surface area contributed by atoms with Gasteiger partial charge >= 0.3 is 11.9 Å². The summed E-state index contributed by atoms with van der Waals surface area (Å²) in [7, 11) is 1.41. The van der Waals surface area contributed by atoms with Crippen molar-refractivity contribution in [2.24, 2.45) is 11.8 Å². The highest BCUT2D eigenvalue weighted by atomic mass is 16.7. The van der Waals surface area contributed by atoms with Crippen LogP contribution in [0.4, 0.5) is 0 Å². The number of carbonyl (C=O) groups is 3.